The van der Waals surface area contributed by atoms with Crippen molar-refractivity contribution < 1.29 is 14.7 Å². The number of carboxylic acid groups (broad SMARTS) is 1. The molecule has 0 aliphatic carbocycles. The van der Waals surface area contributed by atoms with E-state index in [2.05, 4.69) is 12.2 Å². The van der Waals surface area contributed by atoms with Gasteiger partial charge in [0.1, 0.15) is 6.04 Å². The number of aliphatic carboxylic acids is 1. The topological polar surface area (TPSA) is 69.6 Å². The van der Waals surface area contributed by atoms with Crippen molar-refractivity contribution in [3.05, 3.63) is 0 Å². The standard InChI is InChI=1S/C15H28N2O3/c1-4-12-8-6-5-7-9-17(12)15(20)16-13(14(18)19)10-11(2)3/h11-13H,4-10H2,1-3H3,(H,16,20)(H,18,19)/t12?,13-/m0/s1. The third-order valence-electron chi connectivity index (χ3n) is 3.91. The first-order valence-electron chi connectivity index (χ1n) is 7.75. The van der Waals surface area contributed by atoms with Crippen LogP contribution in [0.5, 0.6) is 0 Å². The van der Waals surface area contributed by atoms with Gasteiger partial charge in [0.05, 0.1) is 0 Å². The molecule has 1 saturated heterocycles. The van der Waals surface area contributed by atoms with Crippen LogP contribution < -0.4 is 5.32 Å². The van der Waals surface area contributed by atoms with Gasteiger partial charge < -0.3 is 15.3 Å². The summed E-state index contributed by atoms with van der Waals surface area (Å²) in [6.07, 6.45) is 5.71. The number of amides is 2. The van der Waals surface area contributed by atoms with Gasteiger partial charge in [0.2, 0.25) is 0 Å². The number of hydrogen-bond donors (Lipinski definition) is 2. The Bertz CT molecular complexity index is 331. The van der Waals surface area contributed by atoms with Crippen molar-refractivity contribution in [3.8, 4) is 0 Å². The second kappa shape index (κ2) is 8.12. The summed E-state index contributed by atoms with van der Waals surface area (Å²) in [5.41, 5.74) is 0. The highest BCUT2D eigenvalue weighted by molar-refractivity contribution is 5.82. The van der Waals surface area contributed by atoms with Crippen molar-refractivity contribution in [2.45, 2.75) is 71.4 Å². The maximum atomic E-state index is 12.4. The number of carbonyl (C=O) groups excluding carboxylic acids is 1. The van der Waals surface area contributed by atoms with Crippen molar-refractivity contribution in [2.75, 3.05) is 6.54 Å². The zero-order valence-corrected chi connectivity index (χ0v) is 12.9. The van der Waals surface area contributed by atoms with Crippen LogP contribution in [0.15, 0.2) is 0 Å². The van der Waals surface area contributed by atoms with Gasteiger partial charge in [0.15, 0.2) is 0 Å². The number of nitrogens with one attached hydrogen (secondary N) is 1. The van der Waals surface area contributed by atoms with E-state index >= 15 is 0 Å². The number of carbonyl (C=O) groups is 2. The highest BCUT2D eigenvalue weighted by atomic mass is 16.4. The van der Waals surface area contributed by atoms with Gasteiger partial charge in [-0.3, -0.25) is 0 Å². The van der Waals surface area contributed by atoms with E-state index in [4.69, 9.17) is 0 Å². The van der Waals surface area contributed by atoms with E-state index < -0.39 is 12.0 Å². The van der Waals surface area contributed by atoms with E-state index in [1.54, 1.807) is 0 Å². The molecule has 1 fully saturated rings. The number of rotatable bonds is 5. The first kappa shape index (κ1) is 16.8. The molecule has 0 radical (unpaired) electrons. The van der Waals surface area contributed by atoms with Crippen LogP contribution in [0.1, 0.15) is 59.3 Å². The molecular formula is C15H28N2O3. The molecule has 2 atom stereocenters. The molecule has 0 aromatic rings. The fraction of sp³-hybridized carbons (Fsp3) is 0.867. The van der Waals surface area contributed by atoms with Gasteiger partial charge in [-0.2, -0.15) is 0 Å². The second-order valence-corrected chi connectivity index (χ2v) is 6.07. The van der Waals surface area contributed by atoms with Gasteiger partial charge in [-0.05, 0) is 31.6 Å². The Balaban J connectivity index is 2.67. The molecule has 1 unspecified atom stereocenters. The Hall–Kier alpha value is -1.26. The van der Waals surface area contributed by atoms with E-state index in [-0.39, 0.29) is 18.0 Å². The van der Waals surface area contributed by atoms with Crippen molar-refractivity contribution in [3.63, 3.8) is 0 Å². The van der Waals surface area contributed by atoms with Crippen LogP contribution in [0.4, 0.5) is 4.79 Å². The van der Waals surface area contributed by atoms with Gasteiger partial charge in [0.25, 0.3) is 0 Å². The summed E-state index contributed by atoms with van der Waals surface area (Å²) in [4.78, 5) is 25.4. The summed E-state index contributed by atoms with van der Waals surface area (Å²) >= 11 is 0. The third-order valence-corrected chi connectivity index (χ3v) is 3.91. The summed E-state index contributed by atoms with van der Waals surface area (Å²) in [6, 6.07) is -0.763. The molecule has 20 heavy (non-hydrogen) atoms. The predicted molar refractivity (Wildman–Crippen MR) is 78.7 cm³/mol. The molecule has 2 amide bonds. The molecule has 1 aliphatic rings. The molecular weight excluding hydrogens is 256 g/mol. The molecule has 0 bridgehead atoms. The lowest BCUT2D eigenvalue weighted by molar-refractivity contribution is -0.139. The van der Waals surface area contributed by atoms with Crippen LogP contribution in [0.25, 0.3) is 0 Å². The zero-order valence-electron chi connectivity index (χ0n) is 12.9. The maximum Gasteiger partial charge on any atom is 0.326 e. The lowest BCUT2D eigenvalue weighted by atomic mass is 10.0. The predicted octanol–water partition coefficient (Wildman–Crippen LogP) is 2.85. The fourth-order valence-electron chi connectivity index (χ4n) is 2.79. The summed E-state index contributed by atoms with van der Waals surface area (Å²) in [5, 5.41) is 11.9. The van der Waals surface area contributed by atoms with Crippen molar-refractivity contribution >= 4 is 12.0 Å². The van der Waals surface area contributed by atoms with Gasteiger partial charge in [-0.25, -0.2) is 9.59 Å². The normalized spacial score (nSPS) is 21.4. The molecule has 116 valence electrons. The van der Waals surface area contributed by atoms with Crippen LogP contribution in [-0.2, 0) is 4.79 Å². The Morgan fingerprint density at radius 1 is 1.30 bits per heavy atom. The summed E-state index contributed by atoms with van der Waals surface area (Å²) < 4.78 is 0. The minimum absolute atomic E-state index is 0.216. The van der Waals surface area contributed by atoms with Crippen molar-refractivity contribution in [2.24, 2.45) is 5.92 Å². The summed E-state index contributed by atoms with van der Waals surface area (Å²) in [7, 11) is 0. The van der Waals surface area contributed by atoms with E-state index in [0.29, 0.717) is 6.42 Å². The van der Waals surface area contributed by atoms with Crippen molar-refractivity contribution in [1.82, 2.24) is 10.2 Å². The number of hydrogen-bond acceptors (Lipinski definition) is 2. The minimum Gasteiger partial charge on any atom is -0.480 e. The first-order valence-corrected chi connectivity index (χ1v) is 7.75. The van der Waals surface area contributed by atoms with E-state index in [9.17, 15) is 14.7 Å². The second-order valence-electron chi connectivity index (χ2n) is 6.07. The number of urea groups is 1. The number of nitrogens with zero attached hydrogens (tertiary/aromatic N) is 1. The monoisotopic (exact) mass is 284 g/mol. The van der Waals surface area contributed by atoms with Gasteiger partial charge in [-0.15, -0.1) is 0 Å². The highest BCUT2D eigenvalue weighted by Crippen LogP contribution is 2.19. The lowest BCUT2D eigenvalue weighted by Crippen LogP contribution is -2.51. The molecule has 0 spiro atoms. The summed E-state index contributed by atoms with van der Waals surface area (Å²) in [5.74, 6) is -0.711. The molecule has 1 heterocycles. The van der Waals surface area contributed by atoms with Crippen LogP contribution >= 0.6 is 0 Å². The van der Waals surface area contributed by atoms with E-state index in [1.807, 2.05) is 18.7 Å². The van der Waals surface area contributed by atoms with Gasteiger partial charge in [-0.1, -0.05) is 33.6 Å². The Morgan fingerprint density at radius 2 is 2.00 bits per heavy atom. The minimum atomic E-state index is -0.949. The molecule has 2 N–H and O–H groups in total. The van der Waals surface area contributed by atoms with Crippen molar-refractivity contribution in [1.29, 1.82) is 0 Å². The molecule has 0 saturated carbocycles. The quantitative estimate of drug-likeness (QED) is 0.815. The Labute approximate surface area is 121 Å². The number of carboxylic acids is 1. The summed E-state index contributed by atoms with van der Waals surface area (Å²) in [6.45, 7) is 6.74. The van der Waals surface area contributed by atoms with Crippen LogP contribution in [0.3, 0.4) is 0 Å². The van der Waals surface area contributed by atoms with Gasteiger partial charge >= 0.3 is 12.0 Å². The molecule has 5 heteroatoms. The number of likely N-dealkylation sites (tertiary alicyclic amines) is 1. The highest BCUT2D eigenvalue weighted by Gasteiger charge is 2.28. The van der Waals surface area contributed by atoms with Gasteiger partial charge in [0, 0.05) is 12.6 Å². The van der Waals surface area contributed by atoms with Crippen LogP contribution in [0, 0.1) is 5.92 Å². The van der Waals surface area contributed by atoms with E-state index in [0.717, 1.165) is 38.6 Å². The first-order chi connectivity index (χ1) is 9.45. The average Bonchev–Trinajstić information content (AvgIpc) is 2.62. The molecule has 0 aromatic carbocycles. The fourth-order valence-corrected chi connectivity index (χ4v) is 2.79. The van der Waals surface area contributed by atoms with Crippen LogP contribution in [-0.4, -0.2) is 40.6 Å². The molecule has 1 rings (SSSR count). The molecule has 0 aromatic heterocycles. The molecule has 5 nitrogen and oxygen atoms in total. The smallest absolute Gasteiger partial charge is 0.326 e. The Morgan fingerprint density at radius 3 is 2.55 bits per heavy atom. The molecule has 1 aliphatic heterocycles. The maximum absolute atomic E-state index is 12.4. The van der Waals surface area contributed by atoms with Crippen LogP contribution in [0.2, 0.25) is 0 Å². The largest absolute Gasteiger partial charge is 0.480 e. The third kappa shape index (κ3) is 5.02. The SMILES string of the molecule is CCC1CCCCCN1C(=O)N[C@@H](CC(C)C)C(=O)O. The lowest BCUT2D eigenvalue weighted by Gasteiger charge is -2.31. The van der Waals surface area contributed by atoms with E-state index in [1.165, 1.54) is 0 Å². The average molecular weight is 284 g/mol. The zero-order chi connectivity index (χ0) is 15.1. The Kier molecular flexibility index (Phi) is 6.82.